The van der Waals surface area contributed by atoms with Crippen LogP contribution in [0.4, 0.5) is 5.95 Å². The first-order chi connectivity index (χ1) is 14.6. The Morgan fingerprint density at radius 3 is 2.97 bits per heavy atom. The van der Waals surface area contributed by atoms with Gasteiger partial charge >= 0.3 is 0 Å². The van der Waals surface area contributed by atoms with Crippen LogP contribution in [0.25, 0.3) is 10.9 Å². The maximum Gasteiger partial charge on any atom is 0.256 e. The number of nitrogens with two attached hydrogens (primary N) is 1. The molecule has 1 fully saturated rings. The maximum atomic E-state index is 13.7. The van der Waals surface area contributed by atoms with Crippen molar-refractivity contribution >= 4 is 22.8 Å². The molecule has 1 aliphatic heterocycles. The highest BCUT2D eigenvalue weighted by molar-refractivity contribution is 6.07. The minimum atomic E-state index is -0.0802. The van der Waals surface area contributed by atoms with Crippen LogP contribution in [0.3, 0.4) is 0 Å². The van der Waals surface area contributed by atoms with Crippen molar-refractivity contribution in [2.24, 2.45) is 0 Å². The van der Waals surface area contributed by atoms with Crippen molar-refractivity contribution in [3.63, 3.8) is 0 Å². The number of nitrogens with one attached hydrogen (secondary N) is 1. The van der Waals surface area contributed by atoms with Gasteiger partial charge in [0.05, 0.1) is 16.8 Å². The van der Waals surface area contributed by atoms with Crippen LogP contribution in [0.5, 0.6) is 0 Å². The Labute approximate surface area is 175 Å². The Kier molecular flexibility index (Phi) is 3.92. The zero-order valence-electron chi connectivity index (χ0n) is 17.2. The molecule has 1 atom stereocenters. The number of aromatic amines is 1. The summed E-state index contributed by atoms with van der Waals surface area (Å²) in [5.41, 5.74) is 12.7. The summed E-state index contributed by atoms with van der Waals surface area (Å²) in [6, 6.07) is 6.19. The van der Waals surface area contributed by atoms with Gasteiger partial charge in [0.1, 0.15) is 0 Å². The fraction of sp³-hybridized carbons (Fsp3) is 0.458. The van der Waals surface area contributed by atoms with E-state index in [0.717, 1.165) is 61.8 Å². The summed E-state index contributed by atoms with van der Waals surface area (Å²) in [6.45, 7) is 1.51. The van der Waals surface area contributed by atoms with Gasteiger partial charge in [-0.1, -0.05) is 12.1 Å². The third-order valence-corrected chi connectivity index (χ3v) is 7.49. The number of likely N-dealkylation sites (tertiary alicyclic amines) is 1. The first kappa shape index (κ1) is 17.9. The van der Waals surface area contributed by atoms with Crippen LogP contribution < -0.4 is 5.73 Å². The maximum absolute atomic E-state index is 13.7. The van der Waals surface area contributed by atoms with Gasteiger partial charge in [0.15, 0.2) is 0 Å². The molecule has 3 aliphatic rings. The number of H-pyrrole nitrogens is 1. The van der Waals surface area contributed by atoms with Gasteiger partial charge in [-0.2, -0.15) is 0 Å². The predicted octanol–water partition coefficient (Wildman–Crippen LogP) is 3.54. The molecule has 0 saturated carbocycles. The number of carbonyl (C=O) groups is 1. The topological polar surface area (TPSA) is 87.9 Å². The van der Waals surface area contributed by atoms with Crippen LogP contribution in [0.2, 0.25) is 0 Å². The molecule has 6 nitrogen and oxygen atoms in total. The average molecular weight is 402 g/mol. The highest BCUT2D eigenvalue weighted by atomic mass is 16.2. The van der Waals surface area contributed by atoms with Gasteiger partial charge in [0.25, 0.3) is 5.91 Å². The third kappa shape index (κ3) is 2.59. The lowest BCUT2D eigenvalue weighted by atomic mass is 9.77. The van der Waals surface area contributed by atoms with E-state index < -0.39 is 0 Å². The molecular weight excluding hydrogens is 374 g/mol. The molecular formula is C24H27N5O. The minimum Gasteiger partial charge on any atom is -0.368 e. The van der Waals surface area contributed by atoms with E-state index in [4.69, 9.17) is 5.73 Å². The summed E-state index contributed by atoms with van der Waals surface area (Å²) in [7, 11) is 0. The standard InChI is InChI=1S/C24H27N5O/c25-23-26-13-15-9-11-24(21(15)28-23)10-4-12-29(14-24)22(30)18-7-3-6-17-16-5-1-2-8-19(16)27-20(17)18/h3,6-7,13,27H,1-2,4-5,8-12,14H2,(H2,25,26,28). The molecule has 0 radical (unpaired) electrons. The number of rotatable bonds is 1. The van der Waals surface area contributed by atoms with E-state index in [1.165, 1.54) is 35.0 Å². The van der Waals surface area contributed by atoms with Crippen molar-refractivity contribution < 1.29 is 4.79 Å². The number of piperidine rings is 1. The second-order valence-electron chi connectivity index (χ2n) is 9.23. The highest BCUT2D eigenvalue weighted by Gasteiger charge is 2.45. The number of benzene rings is 1. The Balaban J connectivity index is 1.36. The molecule has 0 bridgehead atoms. The summed E-state index contributed by atoms with van der Waals surface area (Å²) >= 11 is 0. The SMILES string of the molecule is Nc1ncc2c(n1)C1(CCCN(C(=O)c3cccc4c5c([nH]c34)CCCC5)C1)CC2. The van der Waals surface area contributed by atoms with E-state index in [0.29, 0.717) is 12.5 Å². The number of carbonyl (C=O) groups excluding carboxylic acids is 1. The molecule has 3 N–H and O–H groups in total. The van der Waals surface area contributed by atoms with Crippen molar-refractivity contribution in [2.45, 2.75) is 56.8 Å². The number of nitrogens with zero attached hydrogens (tertiary/aromatic N) is 3. The van der Waals surface area contributed by atoms with Gasteiger partial charge in [-0.25, -0.2) is 9.97 Å². The van der Waals surface area contributed by atoms with Crippen LogP contribution in [0.15, 0.2) is 24.4 Å². The Morgan fingerprint density at radius 2 is 2.03 bits per heavy atom. The van der Waals surface area contributed by atoms with Crippen LogP contribution >= 0.6 is 0 Å². The highest BCUT2D eigenvalue weighted by Crippen LogP contribution is 2.44. The summed E-state index contributed by atoms with van der Waals surface area (Å²) < 4.78 is 0. The van der Waals surface area contributed by atoms with Gasteiger partial charge in [-0.05, 0) is 68.6 Å². The lowest BCUT2D eigenvalue weighted by Crippen LogP contribution is -2.48. The van der Waals surface area contributed by atoms with E-state index in [9.17, 15) is 4.79 Å². The summed E-state index contributed by atoms with van der Waals surface area (Å²) in [5, 5.41) is 1.23. The van der Waals surface area contributed by atoms with Crippen molar-refractivity contribution in [1.29, 1.82) is 0 Å². The molecule has 1 aromatic carbocycles. The zero-order chi connectivity index (χ0) is 20.3. The monoisotopic (exact) mass is 401 g/mol. The molecule has 6 heteroatoms. The molecule has 3 heterocycles. The molecule has 6 rings (SSSR count). The van der Waals surface area contributed by atoms with Crippen LogP contribution in [-0.2, 0) is 24.7 Å². The number of aromatic nitrogens is 3. The number of aryl methyl sites for hydroxylation is 3. The minimum absolute atomic E-state index is 0.0802. The molecule has 2 aliphatic carbocycles. The molecule has 154 valence electrons. The first-order valence-electron chi connectivity index (χ1n) is 11.2. The van der Waals surface area contributed by atoms with Crippen LogP contribution in [-0.4, -0.2) is 38.8 Å². The Bertz CT molecular complexity index is 1160. The largest absolute Gasteiger partial charge is 0.368 e. The van der Waals surface area contributed by atoms with Crippen molar-refractivity contribution in [3.8, 4) is 0 Å². The van der Waals surface area contributed by atoms with Crippen LogP contribution in [0, 0.1) is 0 Å². The number of hydrogen-bond acceptors (Lipinski definition) is 4. The fourth-order valence-corrected chi connectivity index (χ4v) is 6.04. The summed E-state index contributed by atoms with van der Waals surface area (Å²) in [6.07, 6.45) is 10.6. The number of amides is 1. The molecule has 1 saturated heterocycles. The summed E-state index contributed by atoms with van der Waals surface area (Å²) in [5.74, 6) is 0.467. The lowest BCUT2D eigenvalue weighted by Gasteiger charge is -2.40. The second kappa shape index (κ2) is 6.56. The second-order valence-corrected chi connectivity index (χ2v) is 9.23. The number of para-hydroxylation sites is 1. The number of anilines is 1. The van der Waals surface area contributed by atoms with E-state index in [1.807, 2.05) is 23.2 Å². The predicted molar refractivity (Wildman–Crippen MR) is 117 cm³/mol. The van der Waals surface area contributed by atoms with Crippen LogP contribution in [0.1, 0.15) is 65.0 Å². The molecule has 2 aromatic heterocycles. The van der Waals surface area contributed by atoms with Gasteiger partial charge < -0.3 is 15.6 Å². The molecule has 1 spiro atoms. The smallest absolute Gasteiger partial charge is 0.256 e. The number of hydrogen-bond donors (Lipinski definition) is 2. The first-order valence-corrected chi connectivity index (χ1v) is 11.2. The third-order valence-electron chi connectivity index (χ3n) is 7.49. The van der Waals surface area contributed by atoms with Crippen molar-refractivity contribution in [2.75, 3.05) is 18.8 Å². The number of nitrogen functional groups attached to an aromatic ring is 1. The normalized spacial score (nSPS) is 23.0. The number of fused-ring (bicyclic) bond motifs is 5. The van der Waals surface area contributed by atoms with E-state index in [1.54, 1.807) is 0 Å². The molecule has 30 heavy (non-hydrogen) atoms. The van der Waals surface area contributed by atoms with Gasteiger partial charge in [-0.15, -0.1) is 0 Å². The van der Waals surface area contributed by atoms with E-state index in [-0.39, 0.29) is 11.3 Å². The molecule has 1 amide bonds. The van der Waals surface area contributed by atoms with Gasteiger partial charge in [-0.3, -0.25) is 4.79 Å². The fourth-order valence-electron chi connectivity index (χ4n) is 6.04. The lowest BCUT2D eigenvalue weighted by molar-refractivity contribution is 0.0635. The summed E-state index contributed by atoms with van der Waals surface area (Å²) in [4.78, 5) is 28.1. The average Bonchev–Trinajstić information content (AvgIpc) is 3.32. The van der Waals surface area contributed by atoms with E-state index >= 15 is 0 Å². The molecule has 1 unspecified atom stereocenters. The Morgan fingerprint density at radius 1 is 1.13 bits per heavy atom. The van der Waals surface area contributed by atoms with Crippen molar-refractivity contribution in [1.82, 2.24) is 19.9 Å². The quantitative estimate of drug-likeness (QED) is 0.653. The molecule has 3 aromatic rings. The Hall–Kier alpha value is -2.89. The van der Waals surface area contributed by atoms with E-state index in [2.05, 4.69) is 21.0 Å². The van der Waals surface area contributed by atoms with Gasteiger partial charge in [0.2, 0.25) is 5.95 Å². The van der Waals surface area contributed by atoms with Gasteiger partial charge in [0, 0.05) is 35.8 Å². The van der Waals surface area contributed by atoms with Crippen molar-refractivity contribution in [3.05, 3.63) is 52.5 Å². The zero-order valence-corrected chi connectivity index (χ0v) is 17.2.